The molecular formula is C21H23FN6O3. The van der Waals surface area contributed by atoms with Gasteiger partial charge in [0.2, 0.25) is 5.75 Å². The van der Waals surface area contributed by atoms with Crippen LogP contribution < -0.4 is 15.8 Å². The van der Waals surface area contributed by atoms with E-state index in [0.29, 0.717) is 24.5 Å². The van der Waals surface area contributed by atoms with Crippen LogP contribution >= 0.6 is 0 Å². The summed E-state index contributed by atoms with van der Waals surface area (Å²) >= 11 is 0. The lowest BCUT2D eigenvalue weighted by atomic mass is 9.98. The highest BCUT2D eigenvalue weighted by atomic mass is 19.1. The average molecular weight is 426 g/mol. The van der Waals surface area contributed by atoms with Crippen molar-refractivity contribution in [3.63, 3.8) is 0 Å². The number of hydrogen-bond acceptors (Lipinski definition) is 6. The summed E-state index contributed by atoms with van der Waals surface area (Å²) in [6.07, 6.45) is 1.69. The Morgan fingerprint density at radius 3 is 2.58 bits per heavy atom. The van der Waals surface area contributed by atoms with Crippen LogP contribution in [0, 0.1) is 5.82 Å². The highest BCUT2D eigenvalue weighted by molar-refractivity contribution is 5.94. The second-order valence-electron chi connectivity index (χ2n) is 7.92. The Morgan fingerprint density at radius 1 is 1.23 bits per heavy atom. The van der Waals surface area contributed by atoms with Crippen LogP contribution in [-0.2, 0) is 25.7 Å². The molecule has 1 aromatic carbocycles. The third-order valence-corrected chi connectivity index (χ3v) is 5.57. The molecule has 1 aliphatic heterocycles. The van der Waals surface area contributed by atoms with E-state index >= 15 is 0 Å². The van der Waals surface area contributed by atoms with Crippen molar-refractivity contribution in [1.29, 1.82) is 0 Å². The van der Waals surface area contributed by atoms with Gasteiger partial charge in [0.15, 0.2) is 5.69 Å². The van der Waals surface area contributed by atoms with E-state index in [1.165, 1.54) is 16.7 Å². The molecule has 2 aromatic heterocycles. The van der Waals surface area contributed by atoms with E-state index in [1.807, 2.05) is 27.0 Å². The van der Waals surface area contributed by atoms with Crippen molar-refractivity contribution >= 4 is 11.7 Å². The van der Waals surface area contributed by atoms with Crippen LogP contribution in [-0.4, -0.2) is 36.9 Å². The minimum absolute atomic E-state index is 0.100. The predicted octanol–water partition coefficient (Wildman–Crippen LogP) is 1.51. The zero-order chi connectivity index (χ0) is 22.3. The molecule has 0 saturated carbocycles. The third kappa shape index (κ3) is 3.54. The number of carbonyl (C=O) groups is 1. The molecule has 0 fully saturated rings. The van der Waals surface area contributed by atoms with Crippen molar-refractivity contribution < 1.29 is 14.3 Å². The van der Waals surface area contributed by atoms with Gasteiger partial charge in [-0.15, -0.1) is 0 Å². The van der Waals surface area contributed by atoms with Crippen molar-refractivity contribution in [1.82, 2.24) is 24.6 Å². The number of halogens is 1. The Kier molecular flexibility index (Phi) is 5.00. The van der Waals surface area contributed by atoms with Gasteiger partial charge < -0.3 is 15.3 Å². The highest BCUT2D eigenvalue weighted by Crippen LogP contribution is 2.34. The maximum atomic E-state index is 13.1. The van der Waals surface area contributed by atoms with E-state index in [0.717, 1.165) is 5.82 Å². The summed E-state index contributed by atoms with van der Waals surface area (Å²) in [5.41, 5.74) is -1.06. The maximum Gasteiger partial charge on any atom is 0.296 e. The molecule has 1 aliphatic rings. The van der Waals surface area contributed by atoms with Crippen LogP contribution in [0.4, 0.5) is 10.2 Å². The van der Waals surface area contributed by atoms with Gasteiger partial charge in [-0.1, -0.05) is 12.1 Å². The molecule has 1 amide bonds. The molecule has 0 aliphatic carbocycles. The summed E-state index contributed by atoms with van der Waals surface area (Å²) in [6, 6.07) is 7.53. The van der Waals surface area contributed by atoms with E-state index in [-0.39, 0.29) is 18.1 Å². The quantitative estimate of drug-likeness (QED) is 0.655. The summed E-state index contributed by atoms with van der Waals surface area (Å²) < 4.78 is 16.2. The molecule has 0 saturated heterocycles. The van der Waals surface area contributed by atoms with Gasteiger partial charge in [-0.3, -0.25) is 18.8 Å². The van der Waals surface area contributed by atoms with Crippen LogP contribution in [0.2, 0.25) is 0 Å². The average Bonchev–Trinajstić information content (AvgIpc) is 3.15. The molecule has 0 atom stereocenters. The molecule has 0 spiro atoms. The van der Waals surface area contributed by atoms with Gasteiger partial charge in [-0.2, -0.15) is 5.10 Å². The molecule has 4 rings (SSSR count). The first-order valence-electron chi connectivity index (χ1n) is 9.82. The summed E-state index contributed by atoms with van der Waals surface area (Å²) in [6.45, 7) is 4.71. The van der Waals surface area contributed by atoms with Crippen LogP contribution in [0.3, 0.4) is 0 Å². The number of rotatable bonds is 4. The predicted molar refractivity (Wildman–Crippen MR) is 111 cm³/mol. The van der Waals surface area contributed by atoms with Crippen LogP contribution in [0.5, 0.6) is 5.75 Å². The number of aromatic nitrogens is 4. The largest absolute Gasteiger partial charge is 0.501 e. The standard InChI is InChI=1S/C21H23FN6O3/c1-21(2)20-25-16(18(30)23-12-13-4-6-14(22)7-5-13)17(29)19(31)27(20)10-11-28(21)15-8-9-24-26(15)3/h4-9,29H,10-12H2,1-3H3,(H,23,30). The zero-order valence-corrected chi connectivity index (χ0v) is 17.5. The van der Waals surface area contributed by atoms with Gasteiger partial charge in [0.05, 0.1) is 11.7 Å². The minimum Gasteiger partial charge on any atom is -0.501 e. The Hall–Kier alpha value is -3.69. The van der Waals surface area contributed by atoms with Gasteiger partial charge in [-0.05, 0) is 31.5 Å². The lowest BCUT2D eigenvalue weighted by molar-refractivity contribution is 0.0941. The van der Waals surface area contributed by atoms with Crippen LogP contribution in [0.1, 0.15) is 35.7 Å². The van der Waals surface area contributed by atoms with Gasteiger partial charge >= 0.3 is 0 Å². The van der Waals surface area contributed by atoms with Gasteiger partial charge in [0.1, 0.15) is 17.5 Å². The zero-order valence-electron chi connectivity index (χ0n) is 17.5. The smallest absolute Gasteiger partial charge is 0.296 e. The van der Waals surface area contributed by atoms with E-state index in [1.54, 1.807) is 23.0 Å². The number of amides is 1. The number of aromatic hydroxyl groups is 1. The molecule has 0 radical (unpaired) electrons. The molecule has 3 heterocycles. The number of hydrogen-bond donors (Lipinski definition) is 2. The van der Waals surface area contributed by atoms with E-state index < -0.39 is 22.8 Å². The molecule has 3 aromatic rings. The fourth-order valence-corrected chi connectivity index (χ4v) is 3.88. The Morgan fingerprint density at radius 2 is 1.94 bits per heavy atom. The van der Waals surface area contributed by atoms with E-state index in [2.05, 4.69) is 20.3 Å². The number of benzene rings is 1. The molecule has 162 valence electrons. The van der Waals surface area contributed by atoms with Crippen molar-refractivity contribution in [2.45, 2.75) is 32.5 Å². The van der Waals surface area contributed by atoms with Crippen molar-refractivity contribution in [2.24, 2.45) is 7.05 Å². The number of carbonyl (C=O) groups excluding carboxylic acids is 1. The number of nitrogens with zero attached hydrogens (tertiary/aromatic N) is 5. The normalized spacial score (nSPS) is 14.9. The first-order valence-corrected chi connectivity index (χ1v) is 9.82. The summed E-state index contributed by atoms with van der Waals surface area (Å²) in [4.78, 5) is 32.0. The molecule has 10 heteroatoms. The maximum absolute atomic E-state index is 13.1. The Balaban J connectivity index is 1.68. The number of nitrogens with one attached hydrogen (secondary N) is 1. The molecular weight excluding hydrogens is 403 g/mol. The number of aryl methyl sites for hydroxylation is 1. The lowest BCUT2D eigenvalue weighted by Crippen LogP contribution is -2.53. The molecule has 2 N–H and O–H groups in total. The number of anilines is 1. The van der Waals surface area contributed by atoms with Crippen LogP contribution in [0.15, 0.2) is 41.3 Å². The molecule has 0 unspecified atom stereocenters. The topological polar surface area (TPSA) is 105 Å². The minimum atomic E-state index is -0.745. The molecule has 31 heavy (non-hydrogen) atoms. The third-order valence-electron chi connectivity index (χ3n) is 5.57. The SMILES string of the molecule is Cn1nccc1N1CCn2c(nc(C(=O)NCc3ccc(F)cc3)c(O)c2=O)C1(C)C. The first kappa shape index (κ1) is 20.6. The van der Waals surface area contributed by atoms with Gasteiger partial charge in [0, 0.05) is 32.7 Å². The van der Waals surface area contributed by atoms with Crippen molar-refractivity contribution in [2.75, 3.05) is 11.4 Å². The lowest BCUT2D eigenvalue weighted by Gasteiger charge is -2.44. The van der Waals surface area contributed by atoms with E-state index in [4.69, 9.17) is 0 Å². The summed E-state index contributed by atoms with van der Waals surface area (Å²) in [5.74, 6) is -0.534. The Bertz CT molecular complexity index is 1200. The van der Waals surface area contributed by atoms with Crippen LogP contribution in [0.25, 0.3) is 0 Å². The van der Waals surface area contributed by atoms with Gasteiger partial charge in [0.25, 0.3) is 11.5 Å². The Labute approximate surface area is 177 Å². The van der Waals surface area contributed by atoms with E-state index in [9.17, 15) is 19.1 Å². The fourth-order valence-electron chi connectivity index (χ4n) is 3.88. The highest BCUT2D eigenvalue weighted by Gasteiger charge is 2.40. The van der Waals surface area contributed by atoms with Gasteiger partial charge in [-0.25, -0.2) is 9.37 Å². The van der Waals surface area contributed by atoms with Crippen molar-refractivity contribution in [3.8, 4) is 5.75 Å². The monoisotopic (exact) mass is 426 g/mol. The molecule has 9 nitrogen and oxygen atoms in total. The fraction of sp³-hybridized carbons (Fsp3) is 0.333. The summed E-state index contributed by atoms with van der Waals surface area (Å²) in [5, 5.41) is 17.2. The molecule has 0 bridgehead atoms. The second kappa shape index (κ2) is 7.53. The summed E-state index contributed by atoms with van der Waals surface area (Å²) in [7, 11) is 1.83. The second-order valence-corrected chi connectivity index (χ2v) is 7.92. The number of fused-ring (bicyclic) bond motifs is 1. The first-order chi connectivity index (χ1) is 14.7. The van der Waals surface area contributed by atoms with Crippen molar-refractivity contribution in [3.05, 3.63) is 69.8 Å².